The molecule has 2 unspecified atom stereocenters. The Labute approximate surface area is 89.2 Å². The van der Waals surface area contributed by atoms with Gasteiger partial charge in [0.05, 0.1) is 12.2 Å². The van der Waals surface area contributed by atoms with Crippen molar-refractivity contribution >= 4 is 0 Å². The lowest BCUT2D eigenvalue weighted by atomic mass is 9.78. The predicted molar refractivity (Wildman–Crippen MR) is 61.4 cm³/mol. The summed E-state index contributed by atoms with van der Waals surface area (Å²) in [4.78, 5) is 0. The lowest BCUT2D eigenvalue weighted by molar-refractivity contribution is -0.116. The first-order chi connectivity index (χ1) is 6.63. The van der Waals surface area contributed by atoms with Gasteiger partial charge in [0.1, 0.15) is 0 Å². The minimum atomic E-state index is 0.279. The molecule has 0 spiro atoms. The largest absolute Gasteiger partial charge is 0.375 e. The summed E-state index contributed by atoms with van der Waals surface area (Å²) in [7, 11) is 0. The van der Waals surface area contributed by atoms with Crippen molar-refractivity contribution in [2.75, 3.05) is 6.61 Å². The Hall–Kier alpha value is -0.0400. The van der Waals surface area contributed by atoms with Crippen LogP contribution in [-0.4, -0.2) is 12.2 Å². The quantitative estimate of drug-likeness (QED) is 0.626. The molecular weight excluding hydrogens is 172 g/mol. The molecule has 0 N–H and O–H groups in total. The molecule has 0 aromatic rings. The fourth-order valence-corrected chi connectivity index (χ4v) is 2.05. The summed E-state index contributed by atoms with van der Waals surface area (Å²) in [5.41, 5.74) is 0.279. The van der Waals surface area contributed by atoms with Gasteiger partial charge in [-0.15, -0.1) is 0 Å². The van der Waals surface area contributed by atoms with Crippen molar-refractivity contribution in [1.82, 2.24) is 0 Å². The maximum absolute atomic E-state index is 6.10. The van der Waals surface area contributed by atoms with Gasteiger partial charge in [-0.05, 0) is 37.5 Å². The molecule has 1 saturated carbocycles. The highest BCUT2D eigenvalue weighted by Crippen LogP contribution is 2.39. The number of ether oxygens (including phenoxy) is 1. The first kappa shape index (κ1) is 12.0. The molecule has 0 aromatic carbocycles. The number of rotatable bonds is 6. The molecule has 0 heterocycles. The van der Waals surface area contributed by atoms with Gasteiger partial charge in [-0.2, -0.15) is 0 Å². The van der Waals surface area contributed by atoms with E-state index in [0.29, 0.717) is 5.92 Å². The summed E-state index contributed by atoms with van der Waals surface area (Å²) in [6.07, 6.45) is 6.41. The van der Waals surface area contributed by atoms with Crippen LogP contribution in [0.2, 0.25) is 0 Å². The molecule has 14 heavy (non-hydrogen) atoms. The highest BCUT2D eigenvalue weighted by molar-refractivity contribution is 4.88. The van der Waals surface area contributed by atoms with E-state index in [1.165, 1.54) is 32.1 Å². The molecule has 1 heteroatoms. The minimum absolute atomic E-state index is 0.279. The van der Waals surface area contributed by atoms with Gasteiger partial charge in [0.25, 0.3) is 0 Å². The summed E-state index contributed by atoms with van der Waals surface area (Å²) in [5, 5.41) is 0. The second-order valence-electron chi connectivity index (χ2n) is 5.06. The van der Waals surface area contributed by atoms with Gasteiger partial charge in [-0.1, -0.05) is 34.1 Å². The lowest BCUT2D eigenvalue weighted by Crippen LogP contribution is -2.40. The first-order valence-electron chi connectivity index (χ1n) is 6.27. The molecule has 1 aliphatic carbocycles. The zero-order chi connectivity index (χ0) is 10.6. The molecule has 1 fully saturated rings. The minimum Gasteiger partial charge on any atom is -0.375 e. The predicted octanol–water partition coefficient (Wildman–Crippen LogP) is 4.02. The fourth-order valence-electron chi connectivity index (χ4n) is 2.05. The second-order valence-corrected chi connectivity index (χ2v) is 5.06. The van der Waals surface area contributed by atoms with Gasteiger partial charge in [0.15, 0.2) is 0 Å². The molecular formula is C13H26O. The van der Waals surface area contributed by atoms with Crippen LogP contribution in [0.25, 0.3) is 0 Å². The average Bonchev–Trinajstić information content (AvgIpc) is 2.15. The SMILES string of the molecule is CCC(C)C(C)COC1(CC)CCC1. The van der Waals surface area contributed by atoms with Crippen molar-refractivity contribution in [2.24, 2.45) is 11.8 Å². The van der Waals surface area contributed by atoms with Crippen LogP contribution in [0.1, 0.15) is 59.8 Å². The topological polar surface area (TPSA) is 9.23 Å². The van der Waals surface area contributed by atoms with E-state index in [4.69, 9.17) is 4.74 Å². The van der Waals surface area contributed by atoms with Gasteiger partial charge in [0, 0.05) is 0 Å². The lowest BCUT2D eigenvalue weighted by Gasteiger charge is -2.42. The second kappa shape index (κ2) is 5.16. The first-order valence-corrected chi connectivity index (χ1v) is 6.27. The van der Waals surface area contributed by atoms with E-state index in [0.717, 1.165) is 12.5 Å². The maximum Gasteiger partial charge on any atom is 0.0680 e. The Balaban J connectivity index is 2.25. The molecule has 0 bridgehead atoms. The van der Waals surface area contributed by atoms with E-state index in [-0.39, 0.29) is 5.60 Å². The summed E-state index contributed by atoms with van der Waals surface area (Å²) >= 11 is 0. The number of hydrogen-bond donors (Lipinski definition) is 0. The molecule has 0 aliphatic heterocycles. The molecule has 1 nitrogen and oxygen atoms in total. The summed E-state index contributed by atoms with van der Waals surface area (Å²) in [6.45, 7) is 10.1. The Bertz CT molecular complexity index is 155. The molecule has 84 valence electrons. The Morgan fingerprint density at radius 3 is 2.14 bits per heavy atom. The highest BCUT2D eigenvalue weighted by atomic mass is 16.5. The zero-order valence-corrected chi connectivity index (χ0v) is 10.3. The smallest absolute Gasteiger partial charge is 0.0680 e. The van der Waals surface area contributed by atoms with Crippen molar-refractivity contribution in [2.45, 2.75) is 65.4 Å². The van der Waals surface area contributed by atoms with Crippen LogP contribution < -0.4 is 0 Å². The average molecular weight is 198 g/mol. The standard InChI is InChI=1S/C13H26O/c1-5-11(3)12(4)10-14-13(6-2)8-7-9-13/h11-12H,5-10H2,1-4H3. The molecule has 0 saturated heterocycles. The third-order valence-electron chi connectivity index (χ3n) is 4.18. The van der Waals surface area contributed by atoms with E-state index in [1.807, 2.05) is 0 Å². The van der Waals surface area contributed by atoms with Gasteiger partial charge >= 0.3 is 0 Å². The van der Waals surface area contributed by atoms with Crippen LogP contribution in [0.3, 0.4) is 0 Å². The normalized spacial score (nSPS) is 24.0. The van der Waals surface area contributed by atoms with Crippen molar-refractivity contribution in [3.8, 4) is 0 Å². The summed E-state index contributed by atoms with van der Waals surface area (Å²) in [5.74, 6) is 1.51. The van der Waals surface area contributed by atoms with Crippen molar-refractivity contribution in [1.29, 1.82) is 0 Å². The molecule has 1 rings (SSSR count). The third kappa shape index (κ3) is 2.73. The third-order valence-corrected chi connectivity index (χ3v) is 4.18. The number of hydrogen-bond acceptors (Lipinski definition) is 1. The fraction of sp³-hybridized carbons (Fsp3) is 1.00. The van der Waals surface area contributed by atoms with Crippen molar-refractivity contribution in [3.63, 3.8) is 0 Å². The highest BCUT2D eigenvalue weighted by Gasteiger charge is 2.36. The molecule has 0 radical (unpaired) electrons. The van der Waals surface area contributed by atoms with E-state index in [2.05, 4.69) is 27.7 Å². The zero-order valence-electron chi connectivity index (χ0n) is 10.3. The maximum atomic E-state index is 6.10. The van der Waals surface area contributed by atoms with Crippen LogP contribution >= 0.6 is 0 Å². The van der Waals surface area contributed by atoms with Crippen LogP contribution in [-0.2, 0) is 4.74 Å². The van der Waals surface area contributed by atoms with Gasteiger partial charge in [0.2, 0.25) is 0 Å². The van der Waals surface area contributed by atoms with E-state index < -0.39 is 0 Å². The van der Waals surface area contributed by atoms with Crippen LogP contribution in [0.15, 0.2) is 0 Å². The van der Waals surface area contributed by atoms with E-state index >= 15 is 0 Å². The van der Waals surface area contributed by atoms with E-state index in [9.17, 15) is 0 Å². The van der Waals surface area contributed by atoms with Crippen molar-refractivity contribution in [3.05, 3.63) is 0 Å². The molecule has 2 atom stereocenters. The van der Waals surface area contributed by atoms with Crippen LogP contribution in [0, 0.1) is 11.8 Å². The van der Waals surface area contributed by atoms with Crippen LogP contribution in [0.4, 0.5) is 0 Å². The Morgan fingerprint density at radius 1 is 1.14 bits per heavy atom. The van der Waals surface area contributed by atoms with Gasteiger partial charge < -0.3 is 4.74 Å². The van der Waals surface area contributed by atoms with Crippen molar-refractivity contribution < 1.29 is 4.74 Å². The molecule has 1 aliphatic rings. The Morgan fingerprint density at radius 2 is 1.79 bits per heavy atom. The summed E-state index contributed by atoms with van der Waals surface area (Å²) in [6, 6.07) is 0. The summed E-state index contributed by atoms with van der Waals surface area (Å²) < 4.78 is 6.10. The monoisotopic (exact) mass is 198 g/mol. The van der Waals surface area contributed by atoms with Gasteiger partial charge in [-0.3, -0.25) is 0 Å². The van der Waals surface area contributed by atoms with Crippen LogP contribution in [0.5, 0.6) is 0 Å². The van der Waals surface area contributed by atoms with Gasteiger partial charge in [-0.25, -0.2) is 0 Å². The molecule has 0 aromatic heterocycles. The Kier molecular flexibility index (Phi) is 4.43. The molecule has 0 amide bonds. The van der Waals surface area contributed by atoms with E-state index in [1.54, 1.807) is 0 Å².